The Labute approximate surface area is 125 Å². The summed E-state index contributed by atoms with van der Waals surface area (Å²) in [5.74, 6) is -0.112. The van der Waals surface area contributed by atoms with E-state index in [1.807, 2.05) is 31.5 Å². The van der Waals surface area contributed by atoms with Crippen LogP contribution in [0.4, 0.5) is 0 Å². The topological polar surface area (TPSA) is 67.2 Å². The Balaban J connectivity index is 1.70. The molecule has 1 aromatic heterocycles. The van der Waals surface area contributed by atoms with Gasteiger partial charge < -0.3 is 10.2 Å². The van der Waals surface area contributed by atoms with Gasteiger partial charge in [-0.15, -0.1) is 0 Å². The highest BCUT2D eigenvalue weighted by atomic mass is 16.2. The SMILES string of the molecule is CCN1CC(C(=O)NCCCn2nc(C)cc2C)CC1=O. The summed E-state index contributed by atoms with van der Waals surface area (Å²) in [7, 11) is 0. The Kier molecular flexibility index (Phi) is 4.98. The van der Waals surface area contributed by atoms with E-state index in [0.717, 1.165) is 24.4 Å². The van der Waals surface area contributed by atoms with Crippen molar-refractivity contribution in [3.8, 4) is 0 Å². The fraction of sp³-hybridized carbons (Fsp3) is 0.667. The summed E-state index contributed by atoms with van der Waals surface area (Å²) >= 11 is 0. The molecule has 1 aromatic rings. The number of hydrogen-bond donors (Lipinski definition) is 1. The van der Waals surface area contributed by atoms with Gasteiger partial charge in [0, 0.05) is 38.3 Å². The predicted molar refractivity (Wildman–Crippen MR) is 79.7 cm³/mol. The first-order valence-corrected chi connectivity index (χ1v) is 7.57. The highest BCUT2D eigenvalue weighted by Gasteiger charge is 2.32. The molecule has 0 spiro atoms. The van der Waals surface area contributed by atoms with Crippen LogP contribution in [0, 0.1) is 19.8 Å². The van der Waals surface area contributed by atoms with E-state index in [9.17, 15) is 9.59 Å². The maximum Gasteiger partial charge on any atom is 0.225 e. The van der Waals surface area contributed by atoms with Gasteiger partial charge in [-0.2, -0.15) is 5.10 Å². The Bertz CT molecular complexity index is 524. The summed E-state index contributed by atoms with van der Waals surface area (Å²) in [5.41, 5.74) is 2.15. The van der Waals surface area contributed by atoms with Crippen LogP contribution >= 0.6 is 0 Å². The highest BCUT2D eigenvalue weighted by Crippen LogP contribution is 2.17. The molecule has 0 aromatic carbocycles. The molecule has 1 N–H and O–H groups in total. The van der Waals surface area contributed by atoms with Gasteiger partial charge in [-0.1, -0.05) is 0 Å². The zero-order valence-corrected chi connectivity index (χ0v) is 13.1. The summed E-state index contributed by atoms with van der Waals surface area (Å²) in [6.07, 6.45) is 1.18. The first-order chi connectivity index (χ1) is 10.0. The van der Waals surface area contributed by atoms with Crippen molar-refractivity contribution in [2.45, 2.75) is 40.2 Å². The molecule has 1 fully saturated rings. The lowest BCUT2D eigenvalue weighted by atomic mass is 10.1. The van der Waals surface area contributed by atoms with Crippen molar-refractivity contribution in [2.24, 2.45) is 5.92 Å². The van der Waals surface area contributed by atoms with Crippen LogP contribution in [0.1, 0.15) is 31.2 Å². The van der Waals surface area contributed by atoms with E-state index in [2.05, 4.69) is 10.4 Å². The molecule has 1 aliphatic heterocycles. The number of carbonyl (C=O) groups excluding carboxylic acids is 2. The number of nitrogens with one attached hydrogen (secondary N) is 1. The van der Waals surface area contributed by atoms with Gasteiger partial charge in [0.2, 0.25) is 11.8 Å². The number of rotatable bonds is 6. The van der Waals surface area contributed by atoms with E-state index in [1.165, 1.54) is 0 Å². The highest BCUT2D eigenvalue weighted by molar-refractivity contribution is 5.89. The molecular weight excluding hydrogens is 268 g/mol. The van der Waals surface area contributed by atoms with E-state index < -0.39 is 0 Å². The smallest absolute Gasteiger partial charge is 0.225 e. The fourth-order valence-corrected chi connectivity index (χ4v) is 2.74. The van der Waals surface area contributed by atoms with Crippen molar-refractivity contribution < 1.29 is 9.59 Å². The van der Waals surface area contributed by atoms with Gasteiger partial charge in [0.15, 0.2) is 0 Å². The maximum absolute atomic E-state index is 12.0. The molecule has 1 unspecified atom stereocenters. The molecule has 1 atom stereocenters. The molecule has 1 aliphatic rings. The molecule has 2 heterocycles. The third kappa shape index (κ3) is 3.83. The number of aryl methyl sites for hydroxylation is 3. The molecule has 0 saturated carbocycles. The Morgan fingerprint density at radius 3 is 2.81 bits per heavy atom. The van der Waals surface area contributed by atoms with E-state index in [1.54, 1.807) is 4.90 Å². The van der Waals surface area contributed by atoms with Crippen molar-refractivity contribution in [1.82, 2.24) is 20.0 Å². The predicted octanol–water partition coefficient (Wildman–Crippen LogP) is 0.875. The van der Waals surface area contributed by atoms with Crippen LogP contribution in [0.5, 0.6) is 0 Å². The Morgan fingerprint density at radius 1 is 1.48 bits per heavy atom. The van der Waals surface area contributed by atoms with E-state index in [4.69, 9.17) is 0 Å². The quantitative estimate of drug-likeness (QED) is 0.791. The molecule has 1 saturated heterocycles. The average Bonchev–Trinajstić information content (AvgIpc) is 2.97. The fourth-order valence-electron chi connectivity index (χ4n) is 2.74. The van der Waals surface area contributed by atoms with Crippen molar-refractivity contribution >= 4 is 11.8 Å². The summed E-state index contributed by atoms with van der Waals surface area (Å²) < 4.78 is 1.96. The van der Waals surface area contributed by atoms with Gasteiger partial charge in [-0.3, -0.25) is 14.3 Å². The minimum absolute atomic E-state index is 0.00679. The lowest BCUT2D eigenvalue weighted by Crippen LogP contribution is -2.33. The summed E-state index contributed by atoms with van der Waals surface area (Å²) in [6, 6.07) is 2.04. The molecule has 6 nitrogen and oxygen atoms in total. The van der Waals surface area contributed by atoms with E-state index in [-0.39, 0.29) is 17.7 Å². The van der Waals surface area contributed by atoms with Gasteiger partial charge >= 0.3 is 0 Å². The van der Waals surface area contributed by atoms with Crippen molar-refractivity contribution in [1.29, 1.82) is 0 Å². The molecule has 0 aliphatic carbocycles. The summed E-state index contributed by atoms with van der Waals surface area (Å²) in [5, 5.41) is 7.32. The van der Waals surface area contributed by atoms with Crippen LogP contribution in [0.3, 0.4) is 0 Å². The van der Waals surface area contributed by atoms with Crippen LogP contribution < -0.4 is 5.32 Å². The van der Waals surface area contributed by atoms with Crippen LogP contribution in [0.25, 0.3) is 0 Å². The lowest BCUT2D eigenvalue weighted by Gasteiger charge is -2.13. The molecule has 0 radical (unpaired) electrons. The molecular formula is C15H24N4O2. The second-order valence-corrected chi connectivity index (χ2v) is 5.63. The van der Waals surface area contributed by atoms with Crippen molar-refractivity contribution in [3.63, 3.8) is 0 Å². The summed E-state index contributed by atoms with van der Waals surface area (Å²) in [4.78, 5) is 25.4. The Morgan fingerprint density at radius 2 is 2.24 bits per heavy atom. The molecule has 2 amide bonds. The zero-order chi connectivity index (χ0) is 15.4. The number of carbonyl (C=O) groups is 2. The Hall–Kier alpha value is -1.85. The molecule has 6 heteroatoms. The normalized spacial score (nSPS) is 18.3. The van der Waals surface area contributed by atoms with Crippen LogP contribution in [0.15, 0.2) is 6.07 Å². The average molecular weight is 292 g/mol. The number of amides is 2. The molecule has 2 rings (SSSR count). The van der Waals surface area contributed by atoms with Crippen LogP contribution in [0.2, 0.25) is 0 Å². The van der Waals surface area contributed by atoms with Crippen molar-refractivity contribution in [2.75, 3.05) is 19.6 Å². The van der Waals surface area contributed by atoms with E-state index in [0.29, 0.717) is 26.1 Å². The monoisotopic (exact) mass is 292 g/mol. The first-order valence-electron chi connectivity index (χ1n) is 7.57. The third-order valence-electron chi connectivity index (χ3n) is 3.92. The van der Waals surface area contributed by atoms with E-state index >= 15 is 0 Å². The number of hydrogen-bond acceptors (Lipinski definition) is 3. The van der Waals surface area contributed by atoms with Crippen LogP contribution in [-0.4, -0.2) is 46.1 Å². The third-order valence-corrected chi connectivity index (χ3v) is 3.92. The van der Waals surface area contributed by atoms with Gasteiger partial charge in [0.1, 0.15) is 0 Å². The van der Waals surface area contributed by atoms with Gasteiger partial charge in [-0.05, 0) is 33.3 Å². The molecule has 0 bridgehead atoms. The maximum atomic E-state index is 12.0. The number of aromatic nitrogens is 2. The standard InChI is InChI=1S/C15H24N4O2/c1-4-18-10-13(9-14(18)20)15(21)16-6-5-7-19-12(3)8-11(2)17-19/h8,13H,4-7,9-10H2,1-3H3,(H,16,21). The molecule has 21 heavy (non-hydrogen) atoms. The van der Waals surface area contributed by atoms with Gasteiger partial charge in [0.25, 0.3) is 0 Å². The summed E-state index contributed by atoms with van der Waals surface area (Å²) in [6.45, 7) is 8.59. The number of nitrogens with zero attached hydrogens (tertiary/aromatic N) is 3. The second kappa shape index (κ2) is 6.74. The van der Waals surface area contributed by atoms with Crippen LogP contribution in [-0.2, 0) is 16.1 Å². The van der Waals surface area contributed by atoms with Gasteiger partial charge in [-0.25, -0.2) is 0 Å². The lowest BCUT2D eigenvalue weighted by molar-refractivity contribution is -0.128. The minimum atomic E-state index is -0.189. The first kappa shape index (κ1) is 15.5. The second-order valence-electron chi connectivity index (χ2n) is 5.63. The molecule has 116 valence electrons. The number of likely N-dealkylation sites (tertiary alicyclic amines) is 1. The largest absolute Gasteiger partial charge is 0.356 e. The minimum Gasteiger partial charge on any atom is -0.356 e. The zero-order valence-electron chi connectivity index (χ0n) is 13.1. The van der Waals surface area contributed by atoms with Gasteiger partial charge in [0.05, 0.1) is 11.6 Å². The van der Waals surface area contributed by atoms with Crippen molar-refractivity contribution in [3.05, 3.63) is 17.5 Å².